The molecule has 2 aromatic rings. The first-order valence-electron chi connectivity index (χ1n) is 7.93. The van der Waals surface area contributed by atoms with Crippen molar-refractivity contribution in [1.29, 1.82) is 5.26 Å². The minimum absolute atomic E-state index is 0.0421. The largest absolute Gasteiger partial charge is 0.497 e. The minimum Gasteiger partial charge on any atom is -0.497 e. The van der Waals surface area contributed by atoms with Crippen LogP contribution in [0.2, 0.25) is 0 Å². The van der Waals surface area contributed by atoms with Crippen LogP contribution in [0.25, 0.3) is 0 Å². The summed E-state index contributed by atoms with van der Waals surface area (Å²) in [6.45, 7) is 3.94. The number of nitriles is 1. The van der Waals surface area contributed by atoms with Crippen LogP contribution in [0.3, 0.4) is 0 Å². The molecule has 1 aromatic carbocycles. The Labute approximate surface area is 146 Å². The van der Waals surface area contributed by atoms with Crippen LogP contribution >= 0.6 is 0 Å². The summed E-state index contributed by atoms with van der Waals surface area (Å²) < 4.78 is 10.5. The number of methoxy groups -OCH3 is 1. The molecule has 6 heteroatoms. The molecule has 0 saturated heterocycles. The molecule has 0 fully saturated rings. The molecule has 0 aliphatic rings. The number of carbonyl (C=O) groups excluding carboxylic acids is 2. The van der Waals surface area contributed by atoms with Crippen LogP contribution in [-0.2, 0) is 17.8 Å². The number of carbonyl (C=O) groups is 2. The van der Waals surface area contributed by atoms with Crippen LogP contribution < -0.4 is 10.1 Å². The van der Waals surface area contributed by atoms with E-state index in [0.717, 1.165) is 11.1 Å². The third-order valence-electron chi connectivity index (χ3n) is 3.86. The monoisotopic (exact) mass is 340 g/mol. The number of nitrogens with one attached hydrogen (secondary N) is 1. The Morgan fingerprint density at radius 3 is 2.52 bits per heavy atom. The molecule has 1 aromatic heterocycles. The fourth-order valence-corrected chi connectivity index (χ4v) is 2.41. The van der Waals surface area contributed by atoms with E-state index in [4.69, 9.17) is 9.15 Å². The van der Waals surface area contributed by atoms with Crippen molar-refractivity contribution in [2.75, 3.05) is 7.11 Å². The van der Waals surface area contributed by atoms with Crippen LogP contribution in [-0.4, -0.2) is 18.8 Å². The lowest BCUT2D eigenvalue weighted by atomic mass is 10.0. The van der Waals surface area contributed by atoms with Crippen molar-refractivity contribution in [2.45, 2.75) is 26.8 Å². The second-order valence-corrected chi connectivity index (χ2v) is 5.56. The van der Waals surface area contributed by atoms with Gasteiger partial charge in [-0.2, -0.15) is 5.26 Å². The number of ether oxygens (including phenoxy) is 1. The standard InChI is InChI=1S/C19H20N2O4/c1-4-16-12(2)9-17(25-16)18(22)15(10-20)19(23)21-11-13-5-7-14(24-3)8-6-13/h5-9,15H,4,11H2,1-3H3,(H,21,23). The lowest BCUT2D eigenvalue weighted by molar-refractivity contribution is -0.122. The molecule has 0 bridgehead atoms. The number of furan rings is 1. The summed E-state index contributed by atoms with van der Waals surface area (Å²) in [6.07, 6.45) is 0.639. The van der Waals surface area contributed by atoms with Gasteiger partial charge in [-0.1, -0.05) is 19.1 Å². The zero-order chi connectivity index (χ0) is 18.4. The van der Waals surface area contributed by atoms with Crippen molar-refractivity contribution < 1.29 is 18.7 Å². The Kier molecular flexibility index (Phi) is 5.96. The van der Waals surface area contributed by atoms with Gasteiger partial charge in [0.15, 0.2) is 11.7 Å². The predicted octanol–water partition coefficient (Wildman–Crippen LogP) is 2.80. The molecule has 130 valence electrons. The molecule has 1 heterocycles. The van der Waals surface area contributed by atoms with Gasteiger partial charge < -0.3 is 14.5 Å². The first-order chi connectivity index (χ1) is 12.0. The van der Waals surface area contributed by atoms with Crippen LogP contribution in [0.1, 0.15) is 34.4 Å². The predicted molar refractivity (Wildman–Crippen MR) is 91.1 cm³/mol. The van der Waals surface area contributed by atoms with Gasteiger partial charge in [0, 0.05) is 13.0 Å². The molecule has 0 aliphatic heterocycles. The van der Waals surface area contributed by atoms with E-state index in [1.807, 2.05) is 13.8 Å². The molecule has 0 saturated carbocycles. The Hall–Kier alpha value is -3.07. The average Bonchev–Trinajstić information content (AvgIpc) is 3.01. The number of hydrogen-bond acceptors (Lipinski definition) is 5. The second kappa shape index (κ2) is 8.15. The van der Waals surface area contributed by atoms with Gasteiger partial charge in [-0.05, 0) is 36.2 Å². The molecule has 0 radical (unpaired) electrons. The van der Waals surface area contributed by atoms with E-state index < -0.39 is 17.6 Å². The highest BCUT2D eigenvalue weighted by atomic mass is 16.5. The Morgan fingerprint density at radius 2 is 2.00 bits per heavy atom. The Morgan fingerprint density at radius 1 is 1.32 bits per heavy atom. The minimum atomic E-state index is -1.44. The zero-order valence-corrected chi connectivity index (χ0v) is 14.5. The number of benzene rings is 1. The number of Topliss-reactive ketones (excluding diaryl/α,β-unsaturated/α-hetero) is 1. The average molecular weight is 340 g/mol. The second-order valence-electron chi connectivity index (χ2n) is 5.56. The Balaban J connectivity index is 2.04. The van der Waals surface area contributed by atoms with E-state index in [9.17, 15) is 14.9 Å². The van der Waals surface area contributed by atoms with Crippen molar-refractivity contribution in [3.63, 3.8) is 0 Å². The molecule has 25 heavy (non-hydrogen) atoms. The molecule has 1 N–H and O–H groups in total. The first kappa shape index (κ1) is 18.3. The summed E-state index contributed by atoms with van der Waals surface area (Å²) in [5.41, 5.74) is 1.67. The van der Waals surface area contributed by atoms with Crippen molar-refractivity contribution in [3.05, 3.63) is 53.0 Å². The van der Waals surface area contributed by atoms with Crippen LogP contribution in [0, 0.1) is 24.2 Å². The lowest BCUT2D eigenvalue weighted by Gasteiger charge is -2.09. The summed E-state index contributed by atoms with van der Waals surface area (Å²) >= 11 is 0. The normalized spacial score (nSPS) is 11.4. The molecule has 0 spiro atoms. The summed E-state index contributed by atoms with van der Waals surface area (Å²) in [5.74, 6) is -1.28. The molecule has 2 rings (SSSR count). The van der Waals surface area contributed by atoms with E-state index in [0.29, 0.717) is 17.9 Å². The highest BCUT2D eigenvalue weighted by Gasteiger charge is 2.30. The zero-order valence-electron chi connectivity index (χ0n) is 14.5. The molecule has 1 amide bonds. The molecule has 6 nitrogen and oxygen atoms in total. The third-order valence-corrected chi connectivity index (χ3v) is 3.86. The van der Waals surface area contributed by atoms with Gasteiger partial charge >= 0.3 is 0 Å². The SMILES string of the molecule is CCc1oc(C(=O)C(C#N)C(=O)NCc2ccc(OC)cc2)cc1C. The highest BCUT2D eigenvalue weighted by molar-refractivity contribution is 6.10. The van der Waals surface area contributed by atoms with Crippen LogP contribution in [0.5, 0.6) is 5.75 Å². The quantitative estimate of drug-likeness (QED) is 0.618. The van der Waals surface area contributed by atoms with Crippen LogP contribution in [0.15, 0.2) is 34.7 Å². The third kappa shape index (κ3) is 4.27. The van der Waals surface area contributed by atoms with Gasteiger partial charge in [-0.15, -0.1) is 0 Å². The van der Waals surface area contributed by atoms with Gasteiger partial charge in [0.25, 0.3) is 0 Å². The number of nitrogens with zero attached hydrogens (tertiary/aromatic N) is 1. The number of amides is 1. The topological polar surface area (TPSA) is 92.3 Å². The van der Waals surface area contributed by atoms with E-state index in [-0.39, 0.29) is 12.3 Å². The number of hydrogen-bond donors (Lipinski definition) is 1. The van der Waals surface area contributed by atoms with Gasteiger partial charge in [0.1, 0.15) is 11.5 Å². The highest BCUT2D eigenvalue weighted by Crippen LogP contribution is 2.19. The summed E-state index contributed by atoms with van der Waals surface area (Å²) in [5, 5.41) is 11.8. The van der Waals surface area contributed by atoms with Gasteiger partial charge in [0.05, 0.1) is 13.2 Å². The van der Waals surface area contributed by atoms with Crippen molar-refractivity contribution in [1.82, 2.24) is 5.32 Å². The van der Waals surface area contributed by atoms with E-state index in [1.165, 1.54) is 0 Å². The summed E-state index contributed by atoms with van der Waals surface area (Å²) in [7, 11) is 1.57. The van der Waals surface area contributed by atoms with E-state index in [1.54, 1.807) is 43.5 Å². The lowest BCUT2D eigenvalue weighted by Crippen LogP contribution is -2.34. The molecule has 1 unspecified atom stereocenters. The summed E-state index contributed by atoms with van der Waals surface area (Å²) in [6, 6.07) is 10.5. The van der Waals surface area contributed by atoms with Crippen molar-refractivity contribution in [3.8, 4) is 11.8 Å². The van der Waals surface area contributed by atoms with Crippen LogP contribution in [0.4, 0.5) is 0 Å². The number of rotatable bonds is 7. The first-order valence-corrected chi connectivity index (χ1v) is 7.93. The fourth-order valence-electron chi connectivity index (χ4n) is 2.41. The van der Waals surface area contributed by atoms with Gasteiger partial charge in [-0.3, -0.25) is 9.59 Å². The van der Waals surface area contributed by atoms with Gasteiger partial charge in [-0.25, -0.2) is 0 Å². The maximum absolute atomic E-state index is 12.4. The fraction of sp³-hybridized carbons (Fsp3) is 0.316. The number of ketones is 1. The molecule has 1 atom stereocenters. The molecular weight excluding hydrogens is 320 g/mol. The smallest absolute Gasteiger partial charge is 0.245 e. The number of aryl methyl sites for hydroxylation is 2. The molecular formula is C19H20N2O4. The summed E-state index contributed by atoms with van der Waals surface area (Å²) in [4.78, 5) is 24.6. The Bertz CT molecular complexity index is 800. The van der Waals surface area contributed by atoms with Crippen molar-refractivity contribution >= 4 is 11.7 Å². The maximum atomic E-state index is 12.4. The van der Waals surface area contributed by atoms with Crippen molar-refractivity contribution in [2.24, 2.45) is 5.92 Å². The van der Waals surface area contributed by atoms with E-state index in [2.05, 4.69) is 5.32 Å². The van der Waals surface area contributed by atoms with Gasteiger partial charge in [0.2, 0.25) is 11.7 Å². The molecule has 0 aliphatic carbocycles. The maximum Gasteiger partial charge on any atom is 0.245 e. The van der Waals surface area contributed by atoms with E-state index >= 15 is 0 Å².